The van der Waals surface area contributed by atoms with Crippen LogP contribution < -0.4 is 4.74 Å². The molecule has 0 radical (unpaired) electrons. The Morgan fingerprint density at radius 1 is 1.36 bits per heavy atom. The molecule has 14 heavy (non-hydrogen) atoms. The van der Waals surface area contributed by atoms with E-state index < -0.39 is 5.60 Å². The lowest BCUT2D eigenvalue weighted by molar-refractivity contribution is 0.0755. The predicted molar refractivity (Wildman–Crippen MR) is 58.0 cm³/mol. The topological polar surface area (TPSA) is 29.5 Å². The second-order valence-electron chi connectivity index (χ2n) is 3.86. The molecular formula is C11H15ClO2. The van der Waals surface area contributed by atoms with Crippen molar-refractivity contribution in [1.82, 2.24) is 0 Å². The van der Waals surface area contributed by atoms with Gasteiger partial charge in [-0.1, -0.05) is 11.6 Å². The molecule has 0 unspecified atom stereocenters. The van der Waals surface area contributed by atoms with Gasteiger partial charge >= 0.3 is 0 Å². The van der Waals surface area contributed by atoms with E-state index >= 15 is 0 Å². The Labute approximate surface area is 89.5 Å². The van der Waals surface area contributed by atoms with Crippen LogP contribution in [0.15, 0.2) is 12.1 Å². The van der Waals surface area contributed by atoms with E-state index in [2.05, 4.69) is 0 Å². The van der Waals surface area contributed by atoms with Gasteiger partial charge in [-0.15, -0.1) is 0 Å². The van der Waals surface area contributed by atoms with E-state index in [0.717, 1.165) is 5.56 Å². The molecule has 1 aromatic carbocycles. The first kappa shape index (κ1) is 11.3. The maximum atomic E-state index is 9.91. The zero-order valence-electron chi connectivity index (χ0n) is 8.89. The molecule has 1 N–H and O–H groups in total. The molecule has 2 nitrogen and oxygen atoms in total. The monoisotopic (exact) mass is 214 g/mol. The summed E-state index contributed by atoms with van der Waals surface area (Å²) in [5.41, 5.74) is 0.697. The highest BCUT2D eigenvalue weighted by Gasteiger charge is 2.22. The molecule has 78 valence electrons. The van der Waals surface area contributed by atoms with Crippen molar-refractivity contribution in [1.29, 1.82) is 0 Å². The van der Waals surface area contributed by atoms with Crippen LogP contribution in [-0.2, 0) is 5.60 Å². The maximum Gasteiger partial charge on any atom is 0.127 e. The smallest absolute Gasteiger partial charge is 0.127 e. The van der Waals surface area contributed by atoms with Gasteiger partial charge in [-0.2, -0.15) is 0 Å². The number of halogens is 1. The molecule has 1 rings (SSSR count). The third-order valence-corrected chi connectivity index (χ3v) is 2.32. The highest BCUT2D eigenvalue weighted by atomic mass is 35.5. The number of hydrogen-bond donors (Lipinski definition) is 1. The Morgan fingerprint density at radius 2 is 1.93 bits per heavy atom. The van der Waals surface area contributed by atoms with Gasteiger partial charge in [0.05, 0.1) is 12.7 Å². The van der Waals surface area contributed by atoms with Gasteiger partial charge < -0.3 is 9.84 Å². The number of aryl methyl sites for hydroxylation is 1. The molecule has 0 saturated heterocycles. The molecule has 0 amide bonds. The fourth-order valence-electron chi connectivity index (χ4n) is 1.46. The van der Waals surface area contributed by atoms with E-state index in [9.17, 15) is 5.11 Å². The molecule has 3 heteroatoms. The minimum absolute atomic E-state index is 0.612. The van der Waals surface area contributed by atoms with Crippen molar-refractivity contribution in [2.75, 3.05) is 7.11 Å². The van der Waals surface area contributed by atoms with Gasteiger partial charge in [0.1, 0.15) is 5.75 Å². The first-order chi connectivity index (χ1) is 6.36. The molecule has 0 bridgehead atoms. The standard InChI is InChI=1S/C11H15ClO2/c1-7-5-8(12)6-9(10(7)14-4)11(2,3)13/h5-6,13H,1-4H3. The average molecular weight is 215 g/mol. The van der Waals surface area contributed by atoms with E-state index in [4.69, 9.17) is 16.3 Å². The third kappa shape index (κ3) is 2.20. The van der Waals surface area contributed by atoms with Crippen LogP contribution in [0.3, 0.4) is 0 Å². The second kappa shape index (κ2) is 3.79. The van der Waals surface area contributed by atoms with Crippen molar-refractivity contribution < 1.29 is 9.84 Å². The minimum Gasteiger partial charge on any atom is -0.496 e. The van der Waals surface area contributed by atoms with Gasteiger partial charge in [0.2, 0.25) is 0 Å². The first-order valence-corrected chi connectivity index (χ1v) is 4.81. The van der Waals surface area contributed by atoms with Crippen molar-refractivity contribution in [3.8, 4) is 5.75 Å². The van der Waals surface area contributed by atoms with Gasteiger partial charge in [-0.3, -0.25) is 0 Å². The Balaban J connectivity index is 3.40. The van der Waals surface area contributed by atoms with Gasteiger partial charge in [0, 0.05) is 10.6 Å². The Kier molecular flexibility index (Phi) is 3.07. The summed E-state index contributed by atoms with van der Waals surface area (Å²) >= 11 is 5.92. The van der Waals surface area contributed by atoms with Crippen molar-refractivity contribution in [3.63, 3.8) is 0 Å². The van der Waals surface area contributed by atoms with E-state index in [1.807, 2.05) is 13.0 Å². The molecule has 0 aromatic heterocycles. The molecule has 0 fully saturated rings. The molecule has 0 saturated carbocycles. The van der Waals surface area contributed by atoms with Gasteiger partial charge in [0.25, 0.3) is 0 Å². The van der Waals surface area contributed by atoms with Crippen LogP contribution in [-0.4, -0.2) is 12.2 Å². The van der Waals surface area contributed by atoms with E-state index in [-0.39, 0.29) is 0 Å². The number of methoxy groups -OCH3 is 1. The van der Waals surface area contributed by atoms with Crippen molar-refractivity contribution >= 4 is 11.6 Å². The van der Waals surface area contributed by atoms with Gasteiger partial charge in [-0.25, -0.2) is 0 Å². The Morgan fingerprint density at radius 3 is 2.36 bits per heavy atom. The molecule has 0 atom stereocenters. The lowest BCUT2D eigenvalue weighted by atomic mass is 9.95. The number of rotatable bonds is 2. The summed E-state index contributed by atoms with van der Waals surface area (Å²) in [6, 6.07) is 3.54. The third-order valence-electron chi connectivity index (χ3n) is 2.10. The number of hydrogen-bond acceptors (Lipinski definition) is 2. The van der Waals surface area contributed by atoms with Crippen molar-refractivity contribution in [2.45, 2.75) is 26.4 Å². The van der Waals surface area contributed by atoms with Crippen molar-refractivity contribution in [2.24, 2.45) is 0 Å². The van der Waals surface area contributed by atoms with Crippen LogP contribution in [0.1, 0.15) is 25.0 Å². The van der Waals surface area contributed by atoms with Crippen LogP contribution in [0.2, 0.25) is 5.02 Å². The molecule has 0 aliphatic rings. The lowest BCUT2D eigenvalue weighted by Crippen LogP contribution is -2.17. The summed E-state index contributed by atoms with van der Waals surface area (Å²) in [4.78, 5) is 0. The summed E-state index contributed by atoms with van der Waals surface area (Å²) in [7, 11) is 1.59. The van der Waals surface area contributed by atoms with Gasteiger partial charge in [0.15, 0.2) is 0 Å². The minimum atomic E-state index is -0.943. The fourth-order valence-corrected chi connectivity index (χ4v) is 1.73. The lowest BCUT2D eigenvalue weighted by Gasteiger charge is -2.22. The van der Waals surface area contributed by atoms with Crippen molar-refractivity contribution in [3.05, 3.63) is 28.3 Å². The quantitative estimate of drug-likeness (QED) is 0.821. The average Bonchev–Trinajstić information content (AvgIpc) is 2.01. The van der Waals surface area contributed by atoms with Crippen LogP contribution in [0.4, 0.5) is 0 Å². The highest BCUT2D eigenvalue weighted by molar-refractivity contribution is 6.30. The first-order valence-electron chi connectivity index (χ1n) is 4.43. The Hall–Kier alpha value is -0.730. The fraction of sp³-hybridized carbons (Fsp3) is 0.455. The van der Waals surface area contributed by atoms with E-state index in [1.165, 1.54) is 0 Å². The summed E-state index contributed by atoms with van der Waals surface area (Å²) in [6.45, 7) is 5.32. The second-order valence-corrected chi connectivity index (χ2v) is 4.30. The van der Waals surface area contributed by atoms with Crippen LogP contribution in [0.25, 0.3) is 0 Å². The molecular weight excluding hydrogens is 200 g/mol. The van der Waals surface area contributed by atoms with E-state index in [0.29, 0.717) is 16.3 Å². The summed E-state index contributed by atoms with van der Waals surface area (Å²) in [5.74, 6) is 0.696. The molecule has 0 spiro atoms. The van der Waals surface area contributed by atoms with Gasteiger partial charge in [-0.05, 0) is 38.5 Å². The van der Waals surface area contributed by atoms with Crippen LogP contribution >= 0.6 is 11.6 Å². The summed E-state index contributed by atoms with van der Waals surface area (Å²) in [6.07, 6.45) is 0. The zero-order chi connectivity index (χ0) is 10.9. The predicted octanol–water partition coefficient (Wildman–Crippen LogP) is 2.88. The molecule has 0 aliphatic carbocycles. The largest absolute Gasteiger partial charge is 0.496 e. The zero-order valence-corrected chi connectivity index (χ0v) is 9.64. The number of benzene rings is 1. The molecule has 0 heterocycles. The van der Waals surface area contributed by atoms with Crippen LogP contribution in [0.5, 0.6) is 5.75 Å². The molecule has 0 aliphatic heterocycles. The number of aliphatic hydroxyl groups is 1. The molecule has 1 aromatic rings. The number of ether oxygens (including phenoxy) is 1. The maximum absolute atomic E-state index is 9.91. The highest BCUT2D eigenvalue weighted by Crippen LogP contribution is 2.34. The van der Waals surface area contributed by atoms with E-state index in [1.54, 1.807) is 27.0 Å². The SMILES string of the molecule is COc1c(C)cc(Cl)cc1C(C)(C)O. The summed E-state index contributed by atoms with van der Waals surface area (Å²) in [5, 5.41) is 10.5. The Bertz CT molecular complexity index is 340. The normalized spacial score (nSPS) is 11.6. The van der Waals surface area contributed by atoms with Crippen LogP contribution in [0, 0.1) is 6.92 Å². The summed E-state index contributed by atoms with van der Waals surface area (Å²) < 4.78 is 5.24.